The van der Waals surface area contributed by atoms with Gasteiger partial charge < -0.3 is 4.74 Å². The Kier molecular flexibility index (Phi) is 5.27. The molecule has 0 atom stereocenters. The Morgan fingerprint density at radius 1 is 1.28 bits per heavy atom. The van der Waals surface area contributed by atoms with Crippen molar-refractivity contribution < 1.29 is 14.3 Å². The molecule has 1 heterocycles. The van der Waals surface area contributed by atoms with E-state index in [1.807, 2.05) is 13.8 Å². The lowest BCUT2D eigenvalue weighted by atomic mass is 10.2. The van der Waals surface area contributed by atoms with Crippen molar-refractivity contribution in [2.45, 2.75) is 40.2 Å². The largest absolute Gasteiger partial charge is 0.466 e. The highest BCUT2D eigenvalue weighted by molar-refractivity contribution is 7.09. The molecular weight excluding hydrogens is 254 g/mol. The molecule has 6 heteroatoms. The van der Waals surface area contributed by atoms with Crippen molar-refractivity contribution in [3.05, 3.63) is 20.2 Å². The number of aryl methyl sites for hydroxylation is 1. The summed E-state index contributed by atoms with van der Waals surface area (Å²) in [5.41, 5.74) is 0.814. The van der Waals surface area contributed by atoms with Gasteiger partial charge in [-0.25, -0.2) is 0 Å². The molecule has 0 saturated carbocycles. The Balaban J connectivity index is 2.55. The van der Waals surface area contributed by atoms with E-state index in [2.05, 4.69) is 0 Å². The zero-order valence-corrected chi connectivity index (χ0v) is 11.6. The second kappa shape index (κ2) is 6.49. The van der Waals surface area contributed by atoms with Gasteiger partial charge in [0.1, 0.15) is 0 Å². The average molecular weight is 271 g/mol. The molecule has 0 aromatic carbocycles. The maximum Gasteiger partial charge on any atom is 0.307 e. The third-order valence-corrected chi connectivity index (χ3v) is 3.62. The highest BCUT2D eigenvalue weighted by Crippen LogP contribution is 2.09. The summed E-state index contributed by atoms with van der Waals surface area (Å²) in [6.45, 7) is 5.73. The van der Waals surface area contributed by atoms with Crippen molar-refractivity contribution in [2.75, 3.05) is 6.61 Å². The van der Waals surface area contributed by atoms with Crippen molar-refractivity contribution in [1.82, 2.24) is 4.57 Å². The van der Waals surface area contributed by atoms with Gasteiger partial charge in [-0.05, 0) is 20.8 Å². The fourth-order valence-corrected chi connectivity index (χ4v) is 2.33. The first-order valence-electron chi connectivity index (χ1n) is 5.79. The minimum Gasteiger partial charge on any atom is -0.466 e. The predicted molar refractivity (Wildman–Crippen MR) is 68.9 cm³/mol. The molecule has 0 saturated heterocycles. The lowest BCUT2D eigenvalue weighted by Crippen LogP contribution is -2.21. The molecule has 0 N–H and O–H groups in total. The summed E-state index contributed by atoms with van der Waals surface area (Å²) < 4.78 is 6.19. The smallest absolute Gasteiger partial charge is 0.307 e. The van der Waals surface area contributed by atoms with Gasteiger partial charge >= 0.3 is 10.8 Å². The Hall–Kier alpha value is -1.43. The zero-order valence-electron chi connectivity index (χ0n) is 10.8. The number of esters is 1. The Morgan fingerprint density at radius 3 is 2.44 bits per heavy atom. The number of thiazole rings is 1. The molecule has 18 heavy (non-hydrogen) atoms. The van der Waals surface area contributed by atoms with Crippen LogP contribution < -0.4 is 4.87 Å². The third kappa shape index (κ3) is 3.80. The number of ketones is 1. The number of nitrogens with zero attached hydrogens (tertiary/aromatic N) is 1. The van der Waals surface area contributed by atoms with Crippen molar-refractivity contribution >= 4 is 23.1 Å². The minimum atomic E-state index is -0.378. The first kappa shape index (κ1) is 14.6. The van der Waals surface area contributed by atoms with Gasteiger partial charge in [-0.15, -0.1) is 0 Å². The number of hydrogen-bond acceptors (Lipinski definition) is 5. The Morgan fingerprint density at radius 2 is 1.94 bits per heavy atom. The van der Waals surface area contributed by atoms with E-state index in [9.17, 15) is 14.4 Å². The molecule has 0 aliphatic carbocycles. The fraction of sp³-hybridized carbons (Fsp3) is 0.583. The van der Waals surface area contributed by atoms with E-state index in [1.54, 1.807) is 6.92 Å². The summed E-state index contributed by atoms with van der Waals surface area (Å²) in [6, 6.07) is 0. The summed E-state index contributed by atoms with van der Waals surface area (Å²) in [6.07, 6.45) is 0.184. The summed E-state index contributed by atoms with van der Waals surface area (Å²) >= 11 is 1.13. The normalized spacial score (nSPS) is 10.4. The van der Waals surface area contributed by atoms with Crippen LogP contribution in [0.3, 0.4) is 0 Å². The highest BCUT2D eigenvalue weighted by atomic mass is 32.1. The maximum absolute atomic E-state index is 11.7. The van der Waals surface area contributed by atoms with Crippen LogP contribution in [0.25, 0.3) is 0 Å². The van der Waals surface area contributed by atoms with Crippen LogP contribution in [0, 0.1) is 13.8 Å². The monoisotopic (exact) mass is 271 g/mol. The van der Waals surface area contributed by atoms with Crippen molar-refractivity contribution in [3.63, 3.8) is 0 Å². The maximum atomic E-state index is 11.7. The van der Waals surface area contributed by atoms with Crippen LogP contribution in [-0.4, -0.2) is 22.9 Å². The molecule has 0 fully saturated rings. The number of Topliss-reactive ketones (excluding diaryl/α,β-unsaturated/α-hetero) is 1. The second-order valence-electron chi connectivity index (χ2n) is 3.94. The van der Waals surface area contributed by atoms with Gasteiger partial charge in [0.25, 0.3) is 0 Å². The van der Waals surface area contributed by atoms with Crippen LogP contribution in [0.4, 0.5) is 0 Å². The van der Waals surface area contributed by atoms with Gasteiger partial charge in [0.15, 0.2) is 5.78 Å². The molecule has 0 aliphatic heterocycles. The van der Waals surface area contributed by atoms with Crippen LogP contribution in [0.1, 0.15) is 30.3 Å². The lowest BCUT2D eigenvalue weighted by molar-refractivity contribution is -0.144. The number of hydrogen-bond donors (Lipinski definition) is 0. The quantitative estimate of drug-likeness (QED) is 0.734. The first-order chi connectivity index (χ1) is 8.45. The summed E-state index contributed by atoms with van der Waals surface area (Å²) in [7, 11) is 0. The van der Waals surface area contributed by atoms with E-state index in [0.717, 1.165) is 21.9 Å². The molecular formula is C12H17NO4S. The Labute approximate surface area is 109 Å². The average Bonchev–Trinajstić information content (AvgIpc) is 2.54. The van der Waals surface area contributed by atoms with E-state index < -0.39 is 0 Å². The van der Waals surface area contributed by atoms with Gasteiger partial charge in [0, 0.05) is 17.0 Å². The van der Waals surface area contributed by atoms with E-state index in [-0.39, 0.29) is 36.0 Å². The predicted octanol–water partition coefficient (Wildman–Crippen LogP) is 1.44. The molecule has 100 valence electrons. The molecule has 0 radical (unpaired) electrons. The van der Waals surface area contributed by atoms with Crippen LogP contribution in [0.15, 0.2) is 4.79 Å². The molecule has 0 spiro atoms. The van der Waals surface area contributed by atoms with Crippen LogP contribution in [0.5, 0.6) is 0 Å². The second-order valence-corrected chi connectivity index (χ2v) is 5.11. The van der Waals surface area contributed by atoms with Crippen molar-refractivity contribution in [1.29, 1.82) is 0 Å². The van der Waals surface area contributed by atoms with Crippen molar-refractivity contribution in [3.8, 4) is 0 Å². The van der Waals surface area contributed by atoms with E-state index in [4.69, 9.17) is 4.74 Å². The minimum absolute atomic E-state index is 0.0361. The third-order valence-electron chi connectivity index (χ3n) is 2.62. The molecule has 0 amide bonds. The van der Waals surface area contributed by atoms with E-state index in [1.165, 1.54) is 4.57 Å². The summed E-state index contributed by atoms with van der Waals surface area (Å²) in [5.74, 6) is -0.512. The fourth-order valence-electron chi connectivity index (χ4n) is 1.50. The molecule has 0 unspecified atom stereocenters. The summed E-state index contributed by atoms with van der Waals surface area (Å²) in [4.78, 5) is 35.1. The zero-order chi connectivity index (χ0) is 13.7. The van der Waals surface area contributed by atoms with Gasteiger partial charge in [-0.1, -0.05) is 11.3 Å². The standard InChI is InChI=1S/C12H17NO4S/c1-4-17-11(15)6-5-10(14)7-13-8(2)9(3)18-12(13)16/h4-7H2,1-3H3. The number of carbonyl (C=O) groups is 2. The van der Waals surface area contributed by atoms with Gasteiger partial charge in [-0.2, -0.15) is 0 Å². The topological polar surface area (TPSA) is 65.4 Å². The van der Waals surface area contributed by atoms with Crippen LogP contribution in [-0.2, 0) is 20.9 Å². The van der Waals surface area contributed by atoms with Gasteiger partial charge in [-0.3, -0.25) is 19.0 Å². The molecule has 5 nitrogen and oxygen atoms in total. The van der Waals surface area contributed by atoms with E-state index in [0.29, 0.717) is 6.61 Å². The lowest BCUT2D eigenvalue weighted by Gasteiger charge is -2.04. The molecule has 0 bridgehead atoms. The highest BCUT2D eigenvalue weighted by Gasteiger charge is 2.13. The molecule has 1 aromatic heterocycles. The van der Waals surface area contributed by atoms with Crippen LogP contribution >= 0.6 is 11.3 Å². The van der Waals surface area contributed by atoms with Crippen LogP contribution in [0.2, 0.25) is 0 Å². The molecule has 1 aromatic rings. The van der Waals surface area contributed by atoms with E-state index >= 15 is 0 Å². The number of aromatic nitrogens is 1. The van der Waals surface area contributed by atoms with Gasteiger partial charge in [0.2, 0.25) is 0 Å². The van der Waals surface area contributed by atoms with Crippen molar-refractivity contribution in [2.24, 2.45) is 0 Å². The number of carbonyl (C=O) groups excluding carboxylic acids is 2. The SMILES string of the molecule is CCOC(=O)CCC(=O)Cn1c(C)c(C)sc1=O. The number of rotatable bonds is 6. The number of ether oxygens (including phenoxy) is 1. The molecule has 0 aliphatic rings. The first-order valence-corrected chi connectivity index (χ1v) is 6.61. The summed E-state index contributed by atoms with van der Waals surface area (Å²) in [5, 5.41) is 0. The molecule has 1 rings (SSSR count). The van der Waals surface area contributed by atoms with Gasteiger partial charge in [0.05, 0.1) is 19.6 Å². The Bertz CT molecular complexity index is 501.